The number of anilines is 2. The molecular weight excluding hydrogens is 264 g/mol. The molecule has 118 valence electrons. The third-order valence-corrected chi connectivity index (χ3v) is 4.28. The molecule has 6 heteroatoms. The maximum Gasteiger partial charge on any atom is 0.148 e. The van der Waals surface area contributed by atoms with Crippen molar-refractivity contribution < 1.29 is 0 Å². The van der Waals surface area contributed by atoms with Gasteiger partial charge in [-0.15, -0.1) is 0 Å². The van der Waals surface area contributed by atoms with E-state index < -0.39 is 0 Å². The van der Waals surface area contributed by atoms with Gasteiger partial charge in [-0.05, 0) is 51.2 Å². The normalized spacial score (nSPS) is 17.2. The number of hydrogen-bond donors (Lipinski definition) is 3. The van der Waals surface area contributed by atoms with E-state index in [-0.39, 0.29) is 0 Å². The molecule has 1 fully saturated rings. The molecule has 0 bridgehead atoms. The smallest absolute Gasteiger partial charge is 0.148 e. The third kappa shape index (κ3) is 4.28. The fourth-order valence-electron chi connectivity index (χ4n) is 2.94. The van der Waals surface area contributed by atoms with Crippen molar-refractivity contribution in [1.29, 1.82) is 0 Å². The zero-order chi connectivity index (χ0) is 15.2. The molecular formula is C15H28N6. The molecule has 0 saturated carbocycles. The monoisotopic (exact) mass is 292 g/mol. The first-order valence-corrected chi connectivity index (χ1v) is 7.85. The molecule has 2 rings (SSSR count). The van der Waals surface area contributed by atoms with Crippen LogP contribution in [0.4, 0.5) is 11.6 Å². The summed E-state index contributed by atoms with van der Waals surface area (Å²) in [6, 6.07) is 0. The molecule has 1 aliphatic heterocycles. The summed E-state index contributed by atoms with van der Waals surface area (Å²) >= 11 is 0. The fourth-order valence-corrected chi connectivity index (χ4v) is 2.94. The highest BCUT2D eigenvalue weighted by Gasteiger charge is 2.17. The number of likely N-dealkylation sites (tertiary alicyclic amines) is 1. The minimum atomic E-state index is 0.322. The molecule has 0 aliphatic carbocycles. The van der Waals surface area contributed by atoms with Crippen LogP contribution in [0.3, 0.4) is 0 Å². The minimum absolute atomic E-state index is 0.322. The second-order valence-electron chi connectivity index (χ2n) is 6.25. The highest BCUT2D eigenvalue weighted by atomic mass is 15.3. The van der Waals surface area contributed by atoms with Gasteiger partial charge in [-0.3, -0.25) is 0 Å². The van der Waals surface area contributed by atoms with Gasteiger partial charge in [-0.1, -0.05) is 13.8 Å². The second-order valence-corrected chi connectivity index (χ2v) is 6.25. The van der Waals surface area contributed by atoms with Gasteiger partial charge in [-0.2, -0.15) is 0 Å². The van der Waals surface area contributed by atoms with E-state index in [2.05, 4.69) is 46.5 Å². The van der Waals surface area contributed by atoms with Gasteiger partial charge in [0, 0.05) is 12.1 Å². The average molecular weight is 292 g/mol. The topological polar surface area (TPSA) is 79.1 Å². The SMILES string of the molecule is CC(C)c1c(NN)ncnc1NCCC1CCN(C)CC1. The first-order valence-electron chi connectivity index (χ1n) is 7.85. The third-order valence-electron chi connectivity index (χ3n) is 4.28. The standard InChI is InChI=1S/C15H28N6/c1-11(2)13-14(18-10-19-15(13)20-16)17-7-4-12-5-8-21(3)9-6-12/h10-12H,4-9,16H2,1-3H3,(H2,17,18,19,20). The summed E-state index contributed by atoms with van der Waals surface area (Å²) < 4.78 is 0. The molecule has 2 heterocycles. The zero-order valence-electron chi connectivity index (χ0n) is 13.4. The van der Waals surface area contributed by atoms with Crippen LogP contribution in [0.25, 0.3) is 0 Å². The highest BCUT2D eigenvalue weighted by molar-refractivity contribution is 5.58. The summed E-state index contributed by atoms with van der Waals surface area (Å²) in [5, 5.41) is 3.47. The van der Waals surface area contributed by atoms with Crippen LogP contribution in [0, 0.1) is 5.92 Å². The second kappa shape index (κ2) is 7.56. The van der Waals surface area contributed by atoms with Gasteiger partial charge in [0.25, 0.3) is 0 Å². The van der Waals surface area contributed by atoms with Crippen molar-refractivity contribution in [2.45, 2.75) is 39.0 Å². The van der Waals surface area contributed by atoms with Gasteiger partial charge in [0.1, 0.15) is 18.0 Å². The van der Waals surface area contributed by atoms with Crippen molar-refractivity contribution in [2.75, 3.05) is 37.4 Å². The van der Waals surface area contributed by atoms with E-state index in [0.717, 1.165) is 23.8 Å². The van der Waals surface area contributed by atoms with Crippen LogP contribution in [0.5, 0.6) is 0 Å². The van der Waals surface area contributed by atoms with Crippen LogP contribution in [0.1, 0.15) is 44.6 Å². The Hall–Kier alpha value is -1.40. The minimum Gasteiger partial charge on any atom is -0.370 e. The van der Waals surface area contributed by atoms with Crippen molar-refractivity contribution in [3.8, 4) is 0 Å². The van der Waals surface area contributed by atoms with Crippen molar-refractivity contribution in [1.82, 2.24) is 14.9 Å². The number of nitrogens with one attached hydrogen (secondary N) is 2. The number of piperidine rings is 1. The van der Waals surface area contributed by atoms with E-state index >= 15 is 0 Å². The lowest BCUT2D eigenvalue weighted by Gasteiger charge is -2.29. The summed E-state index contributed by atoms with van der Waals surface area (Å²) in [5.41, 5.74) is 3.72. The molecule has 0 spiro atoms. The molecule has 0 aromatic carbocycles. The Morgan fingerprint density at radius 3 is 2.57 bits per heavy atom. The van der Waals surface area contributed by atoms with Gasteiger partial charge >= 0.3 is 0 Å². The lowest BCUT2D eigenvalue weighted by atomic mass is 9.94. The quantitative estimate of drug-likeness (QED) is 0.550. The number of hydrogen-bond acceptors (Lipinski definition) is 6. The summed E-state index contributed by atoms with van der Waals surface area (Å²) in [5.74, 6) is 8.30. The van der Waals surface area contributed by atoms with Crippen molar-refractivity contribution >= 4 is 11.6 Å². The average Bonchev–Trinajstić information content (AvgIpc) is 2.48. The highest BCUT2D eigenvalue weighted by Crippen LogP contribution is 2.28. The molecule has 4 N–H and O–H groups in total. The number of nitrogen functional groups attached to an aromatic ring is 1. The molecule has 1 aliphatic rings. The van der Waals surface area contributed by atoms with Crippen LogP contribution >= 0.6 is 0 Å². The van der Waals surface area contributed by atoms with Crippen molar-refractivity contribution in [2.24, 2.45) is 11.8 Å². The van der Waals surface area contributed by atoms with E-state index in [1.165, 1.54) is 32.4 Å². The van der Waals surface area contributed by atoms with Gasteiger partial charge in [0.2, 0.25) is 0 Å². The summed E-state index contributed by atoms with van der Waals surface area (Å²) in [4.78, 5) is 11.0. The van der Waals surface area contributed by atoms with Crippen LogP contribution in [-0.2, 0) is 0 Å². The fraction of sp³-hybridized carbons (Fsp3) is 0.733. The molecule has 1 aromatic rings. The van der Waals surface area contributed by atoms with Gasteiger partial charge in [0.15, 0.2) is 0 Å². The van der Waals surface area contributed by atoms with Crippen LogP contribution in [-0.4, -0.2) is 41.5 Å². The van der Waals surface area contributed by atoms with Crippen molar-refractivity contribution in [3.63, 3.8) is 0 Å². The van der Waals surface area contributed by atoms with Crippen LogP contribution < -0.4 is 16.6 Å². The predicted octanol–water partition coefficient (Wildman–Crippen LogP) is 2.03. The number of aromatic nitrogens is 2. The number of rotatable bonds is 6. The van der Waals surface area contributed by atoms with E-state index in [9.17, 15) is 0 Å². The molecule has 0 unspecified atom stereocenters. The Bertz CT molecular complexity index is 440. The Morgan fingerprint density at radius 1 is 1.29 bits per heavy atom. The molecule has 1 aromatic heterocycles. The summed E-state index contributed by atoms with van der Waals surface area (Å²) in [6.45, 7) is 7.64. The lowest BCUT2D eigenvalue weighted by Crippen LogP contribution is -2.31. The molecule has 21 heavy (non-hydrogen) atoms. The first kappa shape index (κ1) is 16.0. The maximum atomic E-state index is 5.54. The largest absolute Gasteiger partial charge is 0.370 e. The Labute approximate surface area is 127 Å². The van der Waals surface area contributed by atoms with Crippen LogP contribution in [0.15, 0.2) is 6.33 Å². The number of nitrogens with zero attached hydrogens (tertiary/aromatic N) is 3. The molecule has 1 saturated heterocycles. The Morgan fingerprint density at radius 2 is 1.95 bits per heavy atom. The van der Waals surface area contributed by atoms with Gasteiger partial charge in [-0.25, -0.2) is 15.8 Å². The maximum absolute atomic E-state index is 5.54. The van der Waals surface area contributed by atoms with Crippen LogP contribution in [0.2, 0.25) is 0 Å². The van der Waals surface area contributed by atoms with E-state index in [4.69, 9.17) is 5.84 Å². The van der Waals surface area contributed by atoms with Gasteiger partial charge in [0.05, 0.1) is 0 Å². The summed E-state index contributed by atoms with van der Waals surface area (Å²) in [7, 11) is 2.20. The van der Waals surface area contributed by atoms with E-state index in [1.807, 2.05) is 0 Å². The molecule has 6 nitrogen and oxygen atoms in total. The molecule has 0 atom stereocenters. The van der Waals surface area contributed by atoms with Crippen molar-refractivity contribution in [3.05, 3.63) is 11.9 Å². The van der Waals surface area contributed by atoms with Gasteiger partial charge < -0.3 is 15.6 Å². The molecule has 0 radical (unpaired) electrons. The summed E-state index contributed by atoms with van der Waals surface area (Å²) in [6.07, 6.45) is 5.35. The number of nitrogens with two attached hydrogens (primary N) is 1. The Balaban J connectivity index is 1.91. The first-order chi connectivity index (χ1) is 10.1. The zero-order valence-corrected chi connectivity index (χ0v) is 13.4. The van der Waals surface area contributed by atoms with E-state index in [1.54, 1.807) is 6.33 Å². The predicted molar refractivity (Wildman–Crippen MR) is 87.3 cm³/mol. The number of hydrazine groups is 1. The Kier molecular flexibility index (Phi) is 5.76. The lowest BCUT2D eigenvalue weighted by molar-refractivity contribution is 0.215. The van der Waals surface area contributed by atoms with E-state index in [0.29, 0.717) is 11.7 Å². The molecule has 0 amide bonds.